The third-order valence-electron chi connectivity index (χ3n) is 4.48. The summed E-state index contributed by atoms with van der Waals surface area (Å²) in [6, 6.07) is 6.50. The monoisotopic (exact) mass is 530 g/mol. The predicted octanol–water partition coefficient (Wildman–Crippen LogP) is 5.06. The quantitative estimate of drug-likeness (QED) is 0.349. The molecule has 14 heteroatoms. The van der Waals surface area contributed by atoms with Crippen LogP contribution in [0.4, 0.5) is 18.9 Å². The predicted molar refractivity (Wildman–Crippen MR) is 120 cm³/mol. The minimum atomic E-state index is -4.90. The second kappa shape index (κ2) is 9.12. The molecule has 34 heavy (non-hydrogen) atoms. The van der Waals surface area contributed by atoms with Crippen molar-refractivity contribution in [2.24, 2.45) is 0 Å². The van der Waals surface area contributed by atoms with E-state index in [0.29, 0.717) is 4.83 Å². The van der Waals surface area contributed by atoms with Crippen LogP contribution in [0.1, 0.15) is 16.1 Å². The number of amides is 1. The van der Waals surface area contributed by atoms with E-state index in [1.54, 1.807) is 0 Å². The summed E-state index contributed by atoms with van der Waals surface area (Å²) in [5, 5.41) is 13.1. The molecule has 0 aliphatic heterocycles. The third-order valence-corrected chi connectivity index (χ3v) is 5.92. The average molecular weight is 531 g/mol. The van der Waals surface area contributed by atoms with E-state index < -0.39 is 29.3 Å². The van der Waals surface area contributed by atoms with Crippen LogP contribution in [0.2, 0.25) is 10.2 Å². The van der Waals surface area contributed by atoms with Crippen LogP contribution < -0.4 is 15.6 Å². The molecule has 3 aromatic heterocycles. The second-order valence-corrected chi connectivity index (χ2v) is 8.37. The number of aromatic hydroxyl groups is 1. The van der Waals surface area contributed by atoms with E-state index in [1.807, 2.05) is 0 Å². The van der Waals surface area contributed by atoms with Gasteiger partial charge in [-0.1, -0.05) is 41.4 Å². The van der Waals surface area contributed by atoms with Crippen LogP contribution >= 0.6 is 34.5 Å². The fourth-order valence-corrected chi connectivity index (χ4v) is 4.26. The number of ether oxygens (including phenoxy) is 1. The molecule has 2 N–H and O–H groups in total. The van der Waals surface area contributed by atoms with E-state index in [4.69, 9.17) is 23.2 Å². The molecule has 0 spiro atoms. The Morgan fingerprint density at radius 3 is 2.71 bits per heavy atom. The number of anilines is 1. The van der Waals surface area contributed by atoms with Crippen molar-refractivity contribution in [2.45, 2.75) is 12.9 Å². The zero-order valence-corrected chi connectivity index (χ0v) is 18.9. The number of nitrogens with zero attached hydrogens (tertiary/aromatic N) is 3. The van der Waals surface area contributed by atoms with E-state index in [0.717, 1.165) is 28.0 Å². The first kappa shape index (κ1) is 23.8. The Hall–Kier alpha value is -3.35. The number of alkyl halides is 3. The molecule has 0 aliphatic rings. The number of carbonyl (C=O) groups is 1. The van der Waals surface area contributed by atoms with Gasteiger partial charge >= 0.3 is 6.36 Å². The Labute approximate surface area is 202 Å². The molecule has 1 amide bonds. The topological polar surface area (TPSA) is 106 Å². The highest BCUT2D eigenvalue weighted by atomic mass is 35.5. The summed E-state index contributed by atoms with van der Waals surface area (Å²) in [4.78, 5) is 33.9. The molecule has 1 aromatic carbocycles. The molecule has 8 nitrogen and oxygen atoms in total. The van der Waals surface area contributed by atoms with Crippen molar-refractivity contribution in [3.63, 3.8) is 0 Å². The average Bonchev–Trinajstić information content (AvgIpc) is 3.17. The molecule has 176 valence electrons. The van der Waals surface area contributed by atoms with Crippen molar-refractivity contribution < 1.29 is 27.8 Å². The van der Waals surface area contributed by atoms with E-state index in [1.165, 1.54) is 29.9 Å². The number of nitrogens with one attached hydrogen (secondary N) is 1. The number of halogens is 5. The van der Waals surface area contributed by atoms with E-state index in [-0.39, 0.29) is 39.1 Å². The van der Waals surface area contributed by atoms with Crippen LogP contribution in [0, 0.1) is 0 Å². The fourth-order valence-electron chi connectivity index (χ4n) is 3.00. The van der Waals surface area contributed by atoms with Crippen LogP contribution in [-0.2, 0) is 6.54 Å². The molecule has 0 radical (unpaired) electrons. The fraction of sp³-hybridized carbons (Fsp3) is 0.100. The molecule has 0 bridgehead atoms. The number of pyridine rings is 1. The number of hydrogen-bond acceptors (Lipinski definition) is 7. The lowest BCUT2D eigenvalue weighted by atomic mass is 10.2. The molecule has 4 rings (SSSR count). The number of para-hydroxylation sites is 1. The molecule has 4 aromatic rings. The van der Waals surface area contributed by atoms with Gasteiger partial charge in [-0.15, -0.1) is 24.5 Å². The Morgan fingerprint density at radius 1 is 1.26 bits per heavy atom. The first-order valence-electron chi connectivity index (χ1n) is 9.20. The van der Waals surface area contributed by atoms with Gasteiger partial charge in [0.15, 0.2) is 10.9 Å². The summed E-state index contributed by atoms with van der Waals surface area (Å²) in [7, 11) is 0. The van der Waals surface area contributed by atoms with Crippen molar-refractivity contribution in [2.75, 3.05) is 5.32 Å². The number of fused-ring (bicyclic) bond motifs is 1. The molecule has 0 saturated carbocycles. The molecule has 3 heterocycles. The Kier molecular flexibility index (Phi) is 6.39. The first-order chi connectivity index (χ1) is 16.0. The summed E-state index contributed by atoms with van der Waals surface area (Å²) in [6.45, 7) is -0.262. The molecule has 0 aliphatic carbocycles. The van der Waals surface area contributed by atoms with Gasteiger partial charge in [-0.2, -0.15) is 0 Å². The normalized spacial score (nSPS) is 11.6. The van der Waals surface area contributed by atoms with E-state index in [2.05, 4.69) is 20.0 Å². The summed E-state index contributed by atoms with van der Waals surface area (Å²) >= 11 is 12.6. The van der Waals surface area contributed by atoms with Crippen molar-refractivity contribution in [3.05, 3.63) is 73.8 Å². The van der Waals surface area contributed by atoms with Crippen LogP contribution in [0.3, 0.4) is 0 Å². The Balaban J connectivity index is 1.67. The maximum absolute atomic E-state index is 13.1. The number of thiophene rings is 1. The molecule has 0 fully saturated rings. The largest absolute Gasteiger partial charge is 0.573 e. The minimum Gasteiger partial charge on any atom is -0.504 e. The van der Waals surface area contributed by atoms with Crippen LogP contribution in [0.25, 0.3) is 10.2 Å². The highest BCUT2D eigenvalue weighted by molar-refractivity contribution is 7.17. The summed E-state index contributed by atoms with van der Waals surface area (Å²) in [5.74, 6) is -1.70. The van der Waals surface area contributed by atoms with Crippen LogP contribution in [0.15, 0.2) is 46.8 Å². The van der Waals surface area contributed by atoms with Crippen LogP contribution in [0.5, 0.6) is 11.5 Å². The lowest BCUT2D eigenvalue weighted by Gasteiger charge is -2.14. The lowest BCUT2D eigenvalue weighted by molar-refractivity contribution is -0.274. The number of rotatable bonds is 5. The van der Waals surface area contributed by atoms with Gasteiger partial charge in [-0.3, -0.25) is 14.2 Å². The van der Waals surface area contributed by atoms with Gasteiger partial charge in [-0.05, 0) is 12.1 Å². The number of benzene rings is 1. The van der Waals surface area contributed by atoms with Crippen molar-refractivity contribution in [1.29, 1.82) is 0 Å². The van der Waals surface area contributed by atoms with Gasteiger partial charge in [0.1, 0.15) is 21.7 Å². The SMILES string of the molecule is O=C(Nc1csc2ncn(Cc3ccccc3OC(F)(F)F)c(=O)c12)c1cc(Cl)c(O)c(Cl)n1. The first-order valence-corrected chi connectivity index (χ1v) is 10.8. The highest BCUT2D eigenvalue weighted by Gasteiger charge is 2.32. The summed E-state index contributed by atoms with van der Waals surface area (Å²) < 4.78 is 43.3. The molecule has 0 atom stereocenters. The Bertz CT molecular complexity index is 1450. The molecular formula is C20H11Cl2F3N4O4S. The van der Waals surface area contributed by atoms with Gasteiger partial charge < -0.3 is 15.2 Å². The zero-order valence-electron chi connectivity index (χ0n) is 16.6. The summed E-state index contributed by atoms with van der Waals surface area (Å²) in [5.41, 5.74) is -0.604. The number of hydrogen-bond donors (Lipinski definition) is 2. The van der Waals surface area contributed by atoms with Gasteiger partial charge in [0.25, 0.3) is 11.5 Å². The maximum Gasteiger partial charge on any atom is 0.573 e. The smallest absolute Gasteiger partial charge is 0.504 e. The van der Waals surface area contributed by atoms with Gasteiger partial charge in [-0.25, -0.2) is 9.97 Å². The molecular weight excluding hydrogens is 520 g/mol. The van der Waals surface area contributed by atoms with Gasteiger partial charge in [0.05, 0.1) is 23.6 Å². The lowest BCUT2D eigenvalue weighted by Crippen LogP contribution is -2.23. The number of carbonyl (C=O) groups excluding carboxylic acids is 1. The molecule has 0 saturated heterocycles. The second-order valence-electron chi connectivity index (χ2n) is 6.75. The van der Waals surface area contributed by atoms with Crippen molar-refractivity contribution in [3.8, 4) is 11.5 Å². The molecule has 0 unspecified atom stereocenters. The van der Waals surface area contributed by atoms with Crippen molar-refractivity contribution >= 4 is 56.3 Å². The van der Waals surface area contributed by atoms with Crippen LogP contribution in [-0.4, -0.2) is 31.9 Å². The third kappa shape index (κ3) is 4.93. The van der Waals surface area contributed by atoms with E-state index >= 15 is 0 Å². The standard InChI is InChI=1S/C20H11Cl2F3N4O4S/c21-10-5-11(27-16(22)15(10)30)17(31)28-12-7-34-18-14(12)19(32)29(8-26-18)6-9-3-1-2-4-13(9)33-20(23,24)25/h1-5,7-8,30H,6H2,(H,28,31). The van der Waals surface area contributed by atoms with Gasteiger partial charge in [0, 0.05) is 10.9 Å². The highest BCUT2D eigenvalue weighted by Crippen LogP contribution is 2.32. The van der Waals surface area contributed by atoms with Crippen molar-refractivity contribution in [1.82, 2.24) is 14.5 Å². The number of aromatic nitrogens is 3. The minimum absolute atomic E-state index is 0.0473. The van der Waals surface area contributed by atoms with Gasteiger partial charge in [0.2, 0.25) is 0 Å². The Morgan fingerprint density at radius 2 is 2.00 bits per heavy atom. The maximum atomic E-state index is 13.1. The zero-order chi connectivity index (χ0) is 24.6. The van der Waals surface area contributed by atoms with E-state index in [9.17, 15) is 27.9 Å². The summed E-state index contributed by atoms with van der Waals surface area (Å²) in [6.07, 6.45) is -3.71.